The molecule has 0 amide bonds. The third-order valence-electron chi connectivity index (χ3n) is 3.76. The van der Waals surface area contributed by atoms with Crippen LogP contribution in [-0.4, -0.2) is 27.7 Å². The summed E-state index contributed by atoms with van der Waals surface area (Å²) >= 11 is 0. The van der Waals surface area contributed by atoms with Crippen molar-refractivity contribution in [3.05, 3.63) is 72.1 Å². The third-order valence-corrected chi connectivity index (χ3v) is 3.76. The Morgan fingerprint density at radius 3 is 2.14 bits per heavy atom. The molecule has 2 aromatic carbocycles. The molecule has 0 saturated carbocycles. The fourth-order valence-corrected chi connectivity index (χ4v) is 2.36. The van der Waals surface area contributed by atoms with Crippen molar-refractivity contribution in [2.45, 2.75) is 12.8 Å². The number of alkyl halides is 3. The Kier molecular flexibility index (Phi) is 5.96. The Hall–Kier alpha value is -3.62. The van der Waals surface area contributed by atoms with Crippen LogP contribution >= 0.6 is 0 Å². The molecule has 0 unspecified atom stereocenters. The number of benzene rings is 2. The van der Waals surface area contributed by atoms with Crippen LogP contribution in [0, 0.1) is 0 Å². The molecule has 0 radical (unpaired) electrons. The normalized spacial score (nSPS) is 11.1. The van der Waals surface area contributed by atoms with Crippen LogP contribution in [0.2, 0.25) is 0 Å². The molecule has 0 spiro atoms. The van der Waals surface area contributed by atoms with E-state index < -0.39 is 24.3 Å². The fourth-order valence-electron chi connectivity index (χ4n) is 2.36. The molecule has 9 heteroatoms. The molecule has 6 nitrogen and oxygen atoms in total. The number of nitrogens with zero attached hydrogens (tertiary/aromatic N) is 2. The number of carboxylic acids is 1. The molecule has 0 aliphatic carbocycles. The van der Waals surface area contributed by atoms with Crippen molar-refractivity contribution in [1.29, 1.82) is 0 Å². The summed E-state index contributed by atoms with van der Waals surface area (Å²) in [5.41, 5.74) is 0.261. The maximum absolute atomic E-state index is 12.7. The van der Waals surface area contributed by atoms with Gasteiger partial charge < -0.3 is 14.6 Å². The van der Waals surface area contributed by atoms with E-state index in [-0.39, 0.29) is 12.4 Å². The Labute approximate surface area is 163 Å². The zero-order chi connectivity index (χ0) is 20.9. The van der Waals surface area contributed by atoms with Crippen LogP contribution in [0.4, 0.5) is 13.2 Å². The van der Waals surface area contributed by atoms with Crippen LogP contribution in [-0.2, 0) is 17.6 Å². The number of rotatable bonds is 7. The Morgan fingerprint density at radius 1 is 0.931 bits per heavy atom. The number of hydrogen-bond donors (Lipinski definition) is 1. The monoisotopic (exact) mass is 404 g/mol. The summed E-state index contributed by atoms with van der Waals surface area (Å²) in [6, 6.07) is 12.6. The first-order chi connectivity index (χ1) is 13.8. The van der Waals surface area contributed by atoms with Crippen LogP contribution in [0.25, 0.3) is 11.4 Å². The molecule has 1 aromatic heterocycles. The van der Waals surface area contributed by atoms with E-state index in [0.29, 0.717) is 22.8 Å². The summed E-state index contributed by atoms with van der Waals surface area (Å²) in [5.74, 6) is 0.129. The fraction of sp³-hybridized carbons (Fsp3) is 0.150. The summed E-state index contributed by atoms with van der Waals surface area (Å²) in [5, 5.41) is 8.58. The lowest BCUT2D eigenvalue weighted by atomic mass is 10.1. The number of carboxylic acid groups (broad SMARTS) is 1. The minimum absolute atomic E-state index is 0.117. The van der Waals surface area contributed by atoms with E-state index in [1.165, 1.54) is 18.3 Å². The second-order valence-corrected chi connectivity index (χ2v) is 5.89. The highest BCUT2D eigenvalue weighted by Crippen LogP contribution is 2.30. The first kappa shape index (κ1) is 20.1. The lowest BCUT2D eigenvalue weighted by Gasteiger charge is -2.09. The zero-order valence-electron chi connectivity index (χ0n) is 14.9. The maximum atomic E-state index is 12.7. The van der Waals surface area contributed by atoms with Gasteiger partial charge in [0.15, 0.2) is 12.4 Å². The molecule has 0 fully saturated rings. The largest absolute Gasteiger partial charge is 0.487 e. The van der Waals surface area contributed by atoms with Crippen molar-refractivity contribution < 1.29 is 32.5 Å². The van der Waals surface area contributed by atoms with Gasteiger partial charge in [0.25, 0.3) is 0 Å². The maximum Gasteiger partial charge on any atom is 0.416 e. The van der Waals surface area contributed by atoms with Gasteiger partial charge >= 0.3 is 12.1 Å². The number of aliphatic carboxylic acids is 1. The van der Waals surface area contributed by atoms with Crippen molar-refractivity contribution in [2.75, 3.05) is 6.61 Å². The lowest BCUT2D eigenvalue weighted by molar-refractivity contribution is -0.139. The Morgan fingerprint density at radius 2 is 1.55 bits per heavy atom. The van der Waals surface area contributed by atoms with Gasteiger partial charge in [-0.2, -0.15) is 13.2 Å². The van der Waals surface area contributed by atoms with E-state index in [0.717, 1.165) is 12.1 Å². The van der Waals surface area contributed by atoms with E-state index in [1.54, 1.807) is 30.3 Å². The molecular formula is C20H15F3N2O4. The first-order valence-electron chi connectivity index (χ1n) is 8.38. The molecule has 3 aromatic rings. The van der Waals surface area contributed by atoms with Gasteiger partial charge in [-0.3, -0.25) is 0 Å². The van der Waals surface area contributed by atoms with Crippen molar-refractivity contribution in [3.8, 4) is 22.9 Å². The summed E-state index contributed by atoms with van der Waals surface area (Å²) < 4.78 is 48.7. The van der Waals surface area contributed by atoms with Crippen LogP contribution < -0.4 is 9.47 Å². The van der Waals surface area contributed by atoms with Gasteiger partial charge in [0.05, 0.1) is 11.3 Å². The predicted octanol–water partition coefficient (Wildman–Crippen LogP) is 4.20. The minimum atomic E-state index is -4.40. The summed E-state index contributed by atoms with van der Waals surface area (Å²) in [4.78, 5) is 18.9. The minimum Gasteiger partial charge on any atom is -0.487 e. The second kappa shape index (κ2) is 8.59. The lowest BCUT2D eigenvalue weighted by Crippen LogP contribution is -2.09. The van der Waals surface area contributed by atoms with Gasteiger partial charge in [0.1, 0.15) is 18.1 Å². The smallest absolute Gasteiger partial charge is 0.416 e. The molecule has 1 N–H and O–H groups in total. The molecular weight excluding hydrogens is 389 g/mol. The average Bonchev–Trinajstić information content (AvgIpc) is 2.71. The molecule has 0 aliphatic heterocycles. The van der Waals surface area contributed by atoms with Crippen molar-refractivity contribution in [1.82, 2.24) is 9.97 Å². The summed E-state index contributed by atoms with van der Waals surface area (Å²) in [6.45, 7) is -0.320. The summed E-state index contributed by atoms with van der Waals surface area (Å²) in [7, 11) is 0. The van der Waals surface area contributed by atoms with Gasteiger partial charge in [0, 0.05) is 11.8 Å². The topological polar surface area (TPSA) is 81.5 Å². The van der Waals surface area contributed by atoms with Gasteiger partial charge in [-0.1, -0.05) is 12.1 Å². The molecule has 3 rings (SSSR count). The van der Waals surface area contributed by atoms with E-state index in [2.05, 4.69) is 9.97 Å². The molecule has 0 aliphatic rings. The number of hydrogen-bond acceptors (Lipinski definition) is 5. The zero-order valence-corrected chi connectivity index (χ0v) is 14.9. The number of halogens is 3. The number of ether oxygens (including phenoxy) is 2. The van der Waals surface area contributed by atoms with E-state index in [1.807, 2.05) is 0 Å². The highest BCUT2D eigenvalue weighted by atomic mass is 19.4. The second-order valence-electron chi connectivity index (χ2n) is 5.89. The van der Waals surface area contributed by atoms with Gasteiger partial charge in [-0.25, -0.2) is 14.8 Å². The van der Waals surface area contributed by atoms with Crippen LogP contribution in [0.15, 0.2) is 60.8 Å². The van der Waals surface area contributed by atoms with Crippen molar-refractivity contribution >= 4 is 5.97 Å². The SMILES string of the molecule is O=C(O)COc1ccc(OCc2ccnc(-c3ccc(C(F)(F)F)cc3)n2)cc1. The number of carbonyl (C=O) groups is 1. The van der Waals surface area contributed by atoms with E-state index in [4.69, 9.17) is 14.6 Å². The van der Waals surface area contributed by atoms with Gasteiger partial charge in [0.2, 0.25) is 0 Å². The van der Waals surface area contributed by atoms with Gasteiger partial charge in [-0.05, 0) is 42.5 Å². The van der Waals surface area contributed by atoms with Crippen molar-refractivity contribution in [3.63, 3.8) is 0 Å². The van der Waals surface area contributed by atoms with E-state index in [9.17, 15) is 18.0 Å². The molecule has 0 saturated heterocycles. The molecule has 29 heavy (non-hydrogen) atoms. The van der Waals surface area contributed by atoms with Gasteiger partial charge in [-0.15, -0.1) is 0 Å². The average molecular weight is 404 g/mol. The molecule has 1 heterocycles. The molecule has 0 bridgehead atoms. The molecule has 0 atom stereocenters. The van der Waals surface area contributed by atoms with E-state index >= 15 is 0 Å². The third kappa shape index (κ3) is 5.68. The first-order valence-corrected chi connectivity index (χ1v) is 8.38. The standard InChI is InChI=1S/C20H15F3N2O4/c21-20(22,23)14-3-1-13(2-4-14)19-24-10-9-15(25-19)11-28-16-5-7-17(8-6-16)29-12-18(26)27/h1-10H,11-12H2,(H,26,27). The molecule has 150 valence electrons. The Balaban J connectivity index is 1.63. The van der Waals surface area contributed by atoms with Crippen LogP contribution in [0.5, 0.6) is 11.5 Å². The van der Waals surface area contributed by atoms with Crippen LogP contribution in [0.1, 0.15) is 11.3 Å². The number of aromatic nitrogens is 2. The highest BCUT2D eigenvalue weighted by molar-refractivity contribution is 5.68. The predicted molar refractivity (Wildman–Crippen MR) is 96.4 cm³/mol. The van der Waals surface area contributed by atoms with Crippen molar-refractivity contribution in [2.24, 2.45) is 0 Å². The summed E-state index contributed by atoms with van der Waals surface area (Å²) in [6.07, 6.45) is -2.90. The highest BCUT2D eigenvalue weighted by Gasteiger charge is 2.30. The Bertz CT molecular complexity index is 974. The quantitative estimate of drug-likeness (QED) is 0.636. The van der Waals surface area contributed by atoms with Crippen LogP contribution in [0.3, 0.4) is 0 Å².